The molecule has 0 amide bonds. The van der Waals surface area contributed by atoms with Crippen LogP contribution >= 0.6 is 0 Å². The SMILES string of the molecule is CCC1OC(C)C(C)[C@@H](C)[C@@H]1O. The molecule has 5 atom stereocenters. The Morgan fingerprint density at radius 2 is 1.75 bits per heavy atom. The molecule has 3 unspecified atom stereocenters. The fraction of sp³-hybridized carbons (Fsp3) is 1.00. The number of hydrogen-bond donors (Lipinski definition) is 1. The van der Waals surface area contributed by atoms with E-state index in [1.165, 1.54) is 0 Å². The van der Waals surface area contributed by atoms with Crippen molar-refractivity contribution >= 4 is 0 Å². The van der Waals surface area contributed by atoms with Crippen LogP contribution < -0.4 is 0 Å². The first-order valence-corrected chi connectivity index (χ1v) is 4.91. The first kappa shape index (κ1) is 10.0. The first-order valence-electron chi connectivity index (χ1n) is 4.91. The number of ether oxygens (including phenoxy) is 1. The second-order valence-electron chi connectivity index (χ2n) is 4.00. The third-order valence-corrected chi connectivity index (χ3v) is 3.28. The van der Waals surface area contributed by atoms with Crippen LogP contribution in [0.3, 0.4) is 0 Å². The number of rotatable bonds is 1. The van der Waals surface area contributed by atoms with Gasteiger partial charge in [-0.25, -0.2) is 0 Å². The van der Waals surface area contributed by atoms with Crippen LogP contribution in [-0.2, 0) is 4.74 Å². The Morgan fingerprint density at radius 3 is 2.25 bits per heavy atom. The van der Waals surface area contributed by atoms with Crippen molar-refractivity contribution in [3.63, 3.8) is 0 Å². The highest BCUT2D eigenvalue weighted by atomic mass is 16.5. The van der Waals surface area contributed by atoms with E-state index < -0.39 is 0 Å². The minimum Gasteiger partial charge on any atom is -0.390 e. The van der Waals surface area contributed by atoms with Gasteiger partial charge in [0.15, 0.2) is 0 Å². The van der Waals surface area contributed by atoms with Gasteiger partial charge in [0.2, 0.25) is 0 Å². The normalized spacial score (nSPS) is 49.2. The van der Waals surface area contributed by atoms with Crippen molar-refractivity contribution in [2.75, 3.05) is 0 Å². The molecule has 2 nitrogen and oxygen atoms in total. The Hall–Kier alpha value is -0.0800. The van der Waals surface area contributed by atoms with Crippen molar-refractivity contribution in [1.29, 1.82) is 0 Å². The van der Waals surface area contributed by atoms with Gasteiger partial charge in [0, 0.05) is 0 Å². The van der Waals surface area contributed by atoms with Crippen molar-refractivity contribution in [1.82, 2.24) is 0 Å². The Morgan fingerprint density at radius 1 is 1.17 bits per heavy atom. The van der Waals surface area contributed by atoms with Crippen LogP contribution in [0.1, 0.15) is 34.1 Å². The van der Waals surface area contributed by atoms with Crippen molar-refractivity contribution in [2.45, 2.75) is 52.4 Å². The van der Waals surface area contributed by atoms with Gasteiger partial charge in [-0.15, -0.1) is 0 Å². The molecule has 1 aliphatic heterocycles. The molecule has 0 aromatic heterocycles. The highest BCUT2D eigenvalue weighted by Crippen LogP contribution is 2.31. The van der Waals surface area contributed by atoms with Crippen LogP contribution in [0.2, 0.25) is 0 Å². The van der Waals surface area contributed by atoms with Gasteiger partial charge in [-0.3, -0.25) is 0 Å². The van der Waals surface area contributed by atoms with E-state index >= 15 is 0 Å². The van der Waals surface area contributed by atoms with E-state index in [1.807, 2.05) is 0 Å². The highest BCUT2D eigenvalue weighted by Gasteiger charge is 2.37. The molecule has 0 aromatic rings. The van der Waals surface area contributed by atoms with Crippen LogP contribution in [0.5, 0.6) is 0 Å². The molecule has 0 aromatic carbocycles. The third kappa shape index (κ3) is 1.64. The lowest BCUT2D eigenvalue weighted by molar-refractivity contribution is -0.162. The number of aliphatic hydroxyl groups excluding tert-OH is 1. The summed E-state index contributed by atoms with van der Waals surface area (Å²) in [6.07, 6.45) is 0.962. The van der Waals surface area contributed by atoms with E-state index in [0.717, 1.165) is 6.42 Å². The van der Waals surface area contributed by atoms with E-state index in [9.17, 15) is 5.11 Å². The van der Waals surface area contributed by atoms with Crippen molar-refractivity contribution in [2.24, 2.45) is 11.8 Å². The number of hydrogen-bond acceptors (Lipinski definition) is 2. The number of aliphatic hydroxyl groups is 1. The van der Waals surface area contributed by atoms with Crippen molar-refractivity contribution < 1.29 is 9.84 Å². The Kier molecular flexibility index (Phi) is 3.13. The molecule has 1 saturated heterocycles. The standard InChI is InChI=1S/C10H20O2/c1-5-9-10(11)7(3)6(2)8(4)12-9/h6-11H,5H2,1-4H3/t6?,7-,8?,9?,10+/m1/s1. The molecule has 2 heteroatoms. The second kappa shape index (κ2) is 3.75. The molecule has 12 heavy (non-hydrogen) atoms. The van der Waals surface area contributed by atoms with Crippen molar-refractivity contribution in [3.05, 3.63) is 0 Å². The van der Waals surface area contributed by atoms with Gasteiger partial charge >= 0.3 is 0 Å². The Labute approximate surface area is 74.9 Å². The van der Waals surface area contributed by atoms with Gasteiger partial charge in [0.1, 0.15) is 0 Å². The lowest BCUT2D eigenvalue weighted by Gasteiger charge is -2.41. The molecular formula is C10H20O2. The van der Waals surface area contributed by atoms with Gasteiger partial charge in [0.05, 0.1) is 18.3 Å². The minimum atomic E-state index is -0.277. The summed E-state index contributed by atoms with van der Waals surface area (Å²) in [5, 5.41) is 9.80. The zero-order valence-electron chi connectivity index (χ0n) is 8.45. The lowest BCUT2D eigenvalue weighted by atomic mass is 9.81. The Balaban J connectivity index is 2.63. The fourth-order valence-corrected chi connectivity index (χ4v) is 1.89. The van der Waals surface area contributed by atoms with E-state index in [2.05, 4.69) is 27.7 Å². The summed E-state index contributed by atoms with van der Waals surface area (Å²) in [4.78, 5) is 0. The summed E-state index contributed by atoms with van der Waals surface area (Å²) < 4.78 is 5.68. The maximum absolute atomic E-state index is 9.80. The smallest absolute Gasteiger partial charge is 0.0837 e. The highest BCUT2D eigenvalue weighted by molar-refractivity contribution is 4.85. The van der Waals surface area contributed by atoms with Crippen LogP contribution in [-0.4, -0.2) is 23.4 Å². The van der Waals surface area contributed by atoms with E-state index in [4.69, 9.17) is 4.74 Å². The Bertz CT molecular complexity index is 142. The zero-order chi connectivity index (χ0) is 9.30. The van der Waals surface area contributed by atoms with Crippen molar-refractivity contribution in [3.8, 4) is 0 Å². The van der Waals surface area contributed by atoms with Gasteiger partial charge < -0.3 is 9.84 Å². The quantitative estimate of drug-likeness (QED) is 0.653. The second-order valence-corrected chi connectivity index (χ2v) is 4.00. The maximum atomic E-state index is 9.80. The molecular weight excluding hydrogens is 152 g/mol. The summed E-state index contributed by atoms with van der Waals surface area (Å²) in [6, 6.07) is 0. The molecule has 1 rings (SSSR count). The average Bonchev–Trinajstić information content (AvgIpc) is 2.08. The molecule has 0 bridgehead atoms. The summed E-state index contributed by atoms with van der Waals surface area (Å²) >= 11 is 0. The topological polar surface area (TPSA) is 29.5 Å². The lowest BCUT2D eigenvalue weighted by Crippen LogP contribution is -2.47. The molecule has 72 valence electrons. The average molecular weight is 172 g/mol. The molecule has 0 radical (unpaired) electrons. The van der Waals surface area contributed by atoms with Gasteiger partial charge in [-0.05, 0) is 25.2 Å². The maximum Gasteiger partial charge on any atom is 0.0837 e. The van der Waals surface area contributed by atoms with E-state index in [-0.39, 0.29) is 18.3 Å². The van der Waals surface area contributed by atoms with Crippen LogP contribution in [0.4, 0.5) is 0 Å². The third-order valence-electron chi connectivity index (χ3n) is 3.28. The molecule has 0 spiro atoms. The van der Waals surface area contributed by atoms with Crippen LogP contribution in [0.25, 0.3) is 0 Å². The molecule has 1 fully saturated rings. The van der Waals surface area contributed by atoms with Crippen LogP contribution in [0, 0.1) is 11.8 Å². The first-order chi connectivity index (χ1) is 5.57. The van der Waals surface area contributed by atoms with Gasteiger partial charge in [0.25, 0.3) is 0 Å². The fourth-order valence-electron chi connectivity index (χ4n) is 1.89. The predicted molar refractivity (Wildman–Crippen MR) is 49.0 cm³/mol. The molecule has 0 saturated carbocycles. The van der Waals surface area contributed by atoms with Gasteiger partial charge in [-0.1, -0.05) is 20.8 Å². The summed E-state index contributed by atoms with van der Waals surface area (Å²) in [5.74, 6) is 0.821. The van der Waals surface area contributed by atoms with Gasteiger partial charge in [-0.2, -0.15) is 0 Å². The van der Waals surface area contributed by atoms with E-state index in [0.29, 0.717) is 11.8 Å². The molecule has 1 aliphatic rings. The molecule has 1 heterocycles. The summed E-state index contributed by atoms with van der Waals surface area (Å²) in [5.41, 5.74) is 0. The largest absolute Gasteiger partial charge is 0.390 e. The summed E-state index contributed by atoms with van der Waals surface area (Å²) in [7, 11) is 0. The summed E-state index contributed by atoms with van der Waals surface area (Å²) in [6.45, 7) is 8.40. The monoisotopic (exact) mass is 172 g/mol. The molecule has 0 aliphatic carbocycles. The zero-order valence-corrected chi connectivity index (χ0v) is 8.45. The van der Waals surface area contributed by atoms with E-state index in [1.54, 1.807) is 0 Å². The van der Waals surface area contributed by atoms with Crippen LogP contribution in [0.15, 0.2) is 0 Å². The minimum absolute atomic E-state index is 0.0474. The molecule has 1 N–H and O–H groups in total. The predicted octanol–water partition coefficient (Wildman–Crippen LogP) is 1.82.